The Kier molecular flexibility index (Phi) is 4.89. The Labute approximate surface area is 147 Å². The zero-order chi connectivity index (χ0) is 18.9. The molecule has 1 fully saturated rings. The molecule has 2 heterocycles. The highest BCUT2D eigenvalue weighted by Crippen LogP contribution is 2.29. The van der Waals surface area contributed by atoms with E-state index in [2.05, 4.69) is 4.98 Å². The topological polar surface area (TPSA) is 53.5 Å². The van der Waals surface area contributed by atoms with E-state index >= 15 is 0 Å². The van der Waals surface area contributed by atoms with E-state index in [4.69, 9.17) is 0 Å². The minimum absolute atomic E-state index is 0.00000474. The molecule has 0 radical (unpaired) electrons. The van der Waals surface area contributed by atoms with Crippen molar-refractivity contribution in [1.82, 2.24) is 9.29 Å². The number of rotatable bonds is 3. The van der Waals surface area contributed by atoms with Crippen LogP contribution < -0.4 is 4.90 Å². The van der Waals surface area contributed by atoms with Gasteiger partial charge in [-0.2, -0.15) is 17.5 Å². The van der Waals surface area contributed by atoms with Crippen LogP contribution in [0.1, 0.15) is 5.56 Å². The van der Waals surface area contributed by atoms with Crippen molar-refractivity contribution in [2.24, 2.45) is 0 Å². The number of benzene rings is 1. The summed E-state index contributed by atoms with van der Waals surface area (Å²) >= 11 is 0. The summed E-state index contributed by atoms with van der Waals surface area (Å²) in [6, 6.07) is 6.78. The zero-order valence-electron chi connectivity index (χ0n) is 13.4. The number of alkyl halides is 3. The first kappa shape index (κ1) is 18.6. The van der Waals surface area contributed by atoms with E-state index in [0.717, 1.165) is 24.4 Å². The summed E-state index contributed by atoms with van der Waals surface area (Å²) in [5.74, 6) is -0.168. The Balaban J connectivity index is 1.68. The SMILES string of the molecule is O=S(=O)(c1ccc(F)cc1)N1CCN(c2ccc(C(F)(F)F)cn2)CC1. The van der Waals surface area contributed by atoms with Crippen LogP contribution >= 0.6 is 0 Å². The van der Waals surface area contributed by atoms with Crippen molar-refractivity contribution in [3.05, 3.63) is 54.0 Å². The van der Waals surface area contributed by atoms with Crippen LogP contribution in [0, 0.1) is 5.82 Å². The van der Waals surface area contributed by atoms with Crippen LogP contribution in [0.25, 0.3) is 0 Å². The predicted molar refractivity (Wildman–Crippen MR) is 86.6 cm³/mol. The molecule has 0 bridgehead atoms. The molecular formula is C16H15F4N3O2S. The number of hydrogen-bond donors (Lipinski definition) is 0. The molecule has 1 aromatic heterocycles. The lowest BCUT2D eigenvalue weighted by atomic mass is 10.2. The van der Waals surface area contributed by atoms with Gasteiger partial charge in [0.05, 0.1) is 10.5 Å². The number of anilines is 1. The maximum atomic E-state index is 13.0. The van der Waals surface area contributed by atoms with Gasteiger partial charge in [-0.1, -0.05) is 0 Å². The molecule has 5 nitrogen and oxygen atoms in total. The summed E-state index contributed by atoms with van der Waals surface area (Å²) in [4.78, 5) is 5.54. The highest BCUT2D eigenvalue weighted by Gasteiger charge is 2.32. The number of hydrogen-bond acceptors (Lipinski definition) is 4. The van der Waals surface area contributed by atoms with E-state index in [0.29, 0.717) is 18.9 Å². The van der Waals surface area contributed by atoms with Crippen molar-refractivity contribution in [3.8, 4) is 0 Å². The predicted octanol–water partition coefficient (Wildman–Crippen LogP) is 2.75. The van der Waals surface area contributed by atoms with Gasteiger partial charge in [0.1, 0.15) is 11.6 Å². The Morgan fingerprint density at radius 2 is 1.54 bits per heavy atom. The van der Waals surface area contributed by atoms with Crippen LogP contribution in [0.2, 0.25) is 0 Å². The lowest BCUT2D eigenvalue weighted by molar-refractivity contribution is -0.137. The van der Waals surface area contributed by atoms with E-state index in [1.807, 2.05) is 0 Å². The van der Waals surface area contributed by atoms with Gasteiger partial charge in [-0.15, -0.1) is 0 Å². The third-order valence-electron chi connectivity index (χ3n) is 4.09. The van der Waals surface area contributed by atoms with Gasteiger partial charge in [-0.25, -0.2) is 17.8 Å². The van der Waals surface area contributed by atoms with E-state index < -0.39 is 27.6 Å². The van der Waals surface area contributed by atoms with Gasteiger partial charge in [-0.3, -0.25) is 0 Å². The fourth-order valence-corrected chi connectivity index (χ4v) is 4.08. The van der Waals surface area contributed by atoms with Crippen molar-refractivity contribution in [2.75, 3.05) is 31.1 Å². The van der Waals surface area contributed by atoms with Gasteiger partial charge in [-0.05, 0) is 36.4 Å². The number of piperazine rings is 1. The van der Waals surface area contributed by atoms with Gasteiger partial charge in [0.2, 0.25) is 10.0 Å². The fraction of sp³-hybridized carbons (Fsp3) is 0.312. The minimum atomic E-state index is -4.45. The summed E-state index contributed by atoms with van der Waals surface area (Å²) in [7, 11) is -3.74. The lowest BCUT2D eigenvalue weighted by Gasteiger charge is -2.34. The smallest absolute Gasteiger partial charge is 0.354 e. The molecule has 10 heteroatoms. The van der Waals surface area contributed by atoms with Crippen molar-refractivity contribution >= 4 is 15.8 Å². The second kappa shape index (κ2) is 6.84. The van der Waals surface area contributed by atoms with Gasteiger partial charge in [0, 0.05) is 32.4 Å². The van der Waals surface area contributed by atoms with Crippen LogP contribution in [0.3, 0.4) is 0 Å². The maximum Gasteiger partial charge on any atom is 0.417 e. The molecule has 0 N–H and O–H groups in total. The Morgan fingerprint density at radius 3 is 2.04 bits per heavy atom. The third kappa shape index (κ3) is 3.80. The molecule has 0 unspecified atom stereocenters. The van der Waals surface area contributed by atoms with Crippen molar-refractivity contribution in [2.45, 2.75) is 11.1 Å². The molecule has 26 heavy (non-hydrogen) atoms. The zero-order valence-corrected chi connectivity index (χ0v) is 14.3. The number of aromatic nitrogens is 1. The summed E-state index contributed by atoms with van der Waals surface area (Å²) in [6.45, 7) is 0.891. The van der Waals surface area contributed by atoms with Crippen LogP contribution in [-0.4, -0.2) is 43.9 Å². The Bertz CT molecular complexity index is 860. The first-order valence-corrected chi connectivity index (χ1v) is 9.16. The number of sulfonamides is 1. The van der Waals surface area contributed by atoms with Crippen LogP contribution in [0.5, 0.6) is 0 Å². The third-order valence-corrected chi connectivity index (χ3v) is 6.00. The summed E-state index contributed by atoms with van der Waals surface area (Å²) in [5.41, 5.74) is -0.834. The molecule has 0 amide bonds. The normalized spacial score (nSPS) is 16.7. The van der Waals surface area contributed by atoms with Crippen LogP contribution in [0.4, 0.5) is 23.4 Å². The van der Waals surface area contributed by atoms with Crippen LogP contribution in [0.15, 0.2) is 47.5 Å². The summed E-state index contributed by atoms with van der Waals surface area (Å²) in [6.07, 6.45) is -3.69. The lowest BCUT2D eigenvalue weighted by Crippen LogP contribution is -2.48. The van der Waals surface area contributed by atoms with Gasteiger partial charge in [0.25, 0.3) is 0 Å². The maximum absolute atomic E-state index is 13.0. The monoisotopic (exact) mass is 389 g/mol. The van der Waals surface area contributed by atoms with E-state index in [1.165, 1.54) is 22.5 Å². The molecule has 2 aromatic rings. The molecular weight excluding hydrogens is 374 g/mol. The van der Waals surface area contributed by atoms with E-state index in [9.17, 15) is 26.0 Å². The second-order valence-electron chi connectivity index (χ2n) is 5.75. The molecule has 0 saturated carbocycles. The largest absolute Gasteiger partial charge is 0.417 e. The molecule has 3 rings (SSSR count). The first-order chi connectivity index (χ1) is 12.2. The molecule has 0 spiro atoms. The highest BCUT2D eigenvalue weighted by atomic mass is 32.2. The number of pyridine rings is 1. The van der Waals surface area contributed by atoms with E-state index in [-0.39, 0.29) is 18.0 Å². The average molecular weight is 389 g/mol. The molecule has 1 aliphatic heterocycles. The highest BCUT2D eigenvalue weighted by molar-refractivity contribution is 7.89. The van der Waals surface area contributed by atoms with Crippen molar-refractivity contribution in [1.29, 1.82) is 0 Å². The Hall–Kier alpha value is -2.20. The minimum Gasteiger partial charge on any atom is -0.354 e. The standard InChI is InChI=1S/C16H15F4N3O2S/c17-13-2-4-14(5-3-13)26(24,25)23-9-7-22(8-10-23)15-6-1-12(11-21-15)16(18,19)20/h1-6,11H,7-10H2. The van der Waals surface area contributed by atoms with Crippen molar-refractivity contribution in [3.63, 3.8) is 0 Å². The molecule has 0 atom stereocenters. The number of halogens is 4. The fourth-order valence-electron chi connectivity index (χ4n) is 2.65. The van der Waals surface area contributed by atoms with E-state index in [1.54, 1.807) is 4.90 Å². The van der Waals surface area contributed by atoms with Crippen molar-refractivity contribution < 1.29 is 26.0 Å². The second-order valence-corrected chi connectivity index (χ2v) is 7.69. The van der Waals surface area contributed by atoms with Gasteiger partial charge < -0.3 is 4.90 Å². The average Bonchev–Trinajstić information content (AvgIpc) is 2.62. The molecule has 0 aliphatic carbocycles. The molecule has 140 valence electrons. The van der Waals surface area contributed by atoms with Crippen LogP contribution in [-0.2, 0) is 16.2 Å². The molecule has 1 aromatic carbocycles. The first-order valence-electron chi connectivity index (χ1n) is 7.72. The summed E-state index contributed by atoms with van der Waals surface area (Å²) < 4.78 is 77.1. The van der Waals surface area contributed by atoms with Gasteiger partial charge >= 0.3 is 6.18 Å². The quantitative estimate of drug-likeness (QED) is 0.758. The Morgan fingerprint density at radius 1 is 0.923 bits per heavy atom. The molecule has 1 saturated heterocycles. The van der Waals surface area contributed by atoms with Gasteiger partial charge in [0.15, 0.2) is 0 Å². The molecule has 1 aliphatic rings. The summed E-state index contributed by atoms with van der Waals surface area (Å²) in [5, 5.41) is 0. The number of nitrogens with zero attached hydrogens (tertiary/aromatic N) is 3.